The van der Waals surface area contributed by atoms with Crippen LogP contribution in [0.3, 0.4) is 0 Å². The van der Waals surface area contributed by atoms with Gasteiger partial charge in [0, 0.05) is 25.0 Å². The Morgan fingerprint density at radius 2 is 1.75 bits per heavy atom. The third kappa shape index (κ3) is 4.71. The van der Waals surface area contributed by atoms with Crippen LogP contribution in [0.15, 0.2) is 30.3 Å². The summed E-state index contributed by atoms with van der Waals surface area (Å²) >= 11 is 0. The molecule has 0 saturated carbocycles. The van der Waals surface area contributed by atoms with E-state index < -0.39 is 5.54 Å². The van der Waals surface area contributed by atoms with E-state index in [9.17, 15) is 9.59 Å². The van der Waals surface area contributed by atoms with E-state index in [0.717, 1.165) is 18.4 Å². The van der Waals surface area contributed by atoms with Crippen LogP contribution in [-0.2, 0) is 15.1 Å². The van der Waals surface area contributed by atoms with Gasteiger partial charge in [-0.25, -0.2) is 0 Å². The lowest BCUT2D eigenvalue weighted by Crippen LogP contribution is -2.55. The number of amides is 2. The van der Waals surface area contributed by atoms with Crippen molar-refractivity contribution in [1.29, 1.82) is 0 Å². The monoisotopic (exact) mass is 353 g/mol. The van der Waals surface area contributed by atoms with Crippen LogP contribution in [0.1, 0.15) is 39.2 Å². The van der Waals surface area contributed by atoms with Crippen LogP contribution < -0.4 is 11.1 Å². The Balaban J connectivity index is 0.00000288. The fourth-order valence-electron chi connectivity index (χ4n) is 2.83. The minimum Gasteiger partial charge on any atom is -0.353 e. The summed E-state index contributed by atoms with van der Waals surface area (Å²) in [4.78, 5) is 26.3. The second-order valence-electron chi connectivity index (χ2n) is 6.80. The van der Waals surface area contributed by atoms with Gasteiger partial charge in [0.25, 0.3) is 0 Å². The molecule has 1 atom stereocenters. The molecule has 0 bridgehead atoms. The Hall–Kier alpha value is -1.59. The lowest BCUT2D eigenvalue weighted by atomic mass is 9.90. The van der Waals surface area contributed by atoms with Gasteiger partial charge >= 0.3 is 0 Å². The smallest absolute Gasteiger partial charge is 0.246 e. The van der Waals surface area contributed by atoms with Crippen molar-refractivity contribution < 1.29 is 9.59 Å². The maximum atomic E-state index is 12.8. The second kappa shape index (κ2) is 8.49. The maximum Gasteiger partial charge on any atom is 0.246 e. The van der Waals surface area contributed by atoms with Crippen molar-refractivity contribution in [3.05, 3.63) is 35.9 Å². The van der Waals surface area contributed by atoms with Gasteiger partial charge in [0.1, 0.15) is 5.54 Å². The second-order valence-corrected chi connectivity index (χ2v) is 6.80. The summed E-state index contributed by atoms with van der Waals surface area (Å²) in [6.45, 7) is 6.78. The number of piperidine rings is 1. The summed E-state index contributed by atoms with van der Waals surface area (Å²) in [7, 11) is 0. The molecule has 0 radical (unpaired) electrons. The largest absolute Gasteiger partial charge is 0.353 e. The van der Waals surface area contributed by atoms with E-state index >= 15 is 0 Å². The summed E-state index contributed by atoms with van der Waals surface area (Å²) in [5.74, 6) is 0.000127. The lowest BCUT2D eigenvalue weighted by molar-refractivity contribution is -0.138. The van der Waals surface area contributed by atoms with Crippen molar-refractivity contribution >= 4 is 24.2 Å². The molecular formula is C18H28ClN3O2. The van der Waals surface area contributed by atoms with Crippen molar-refractivity contribution in [2.24, 2.45) is 11.7 Å². The molecule has 1 unspecified atom stereocenters. The molecule has 0 aliphatic carbocycles. The van der Waals surface area contributed by atoms with E-state index in [0.29, 0.717) is 13.1 Å². The summed E-state index contributed by atoms with van der Waals surface area (Å²) in [5, 5.41) is 3.04. The number of rotatable bonds is 4. The van der Waals surface area contributed by atoms with Gasteiger partial charge in [-0.2, -0.15) is 0 Å². The molecule has 0 spiro atoms. The van der Waals surface area contributed by atoms with Crippen LogP contribution >= 0.6 is 12.4 Å². The number of nitrogens with one attached hydrogen (secondary N) is 1. The number of nitrogens with two attached hydrogens (primary N) is 1. The average molecular weight is 354 g/mol. The average Bonchev–Trinajstić information content (AvgIpc) is 2.55. The number of carbonyl (C=O) groups excluding carboxylic acids is 2. The zero-order valence-corrected chi connectivity index (χ0v) is 15.4. The summed E-state index contributed by atoms with van der Waals surface area (Å²) < 4.78 is 0. The Morgan fingerprint density at radius 3 is 2.25 bits per heavy atom. The number of nitrogens with zero attached hydrogens (tertiary/aromatic N) is 1. The highest BCUT2D eigenvalue weighted by atomic mass is 35.5. The van der Waals surface area contributed by atoms with Crippen LogP contribution in [0.25, 0.3) is 0 Å². The molecule has 6 heteroatoms. The quantitative estimate of drug-likeness (QED) is 0.869. The fourth-order valence-corrected chi connectivity index (χ4v) is 2.83. The van der Waals surface area contributed by atoms with Gasteiger partial charge in [0.15, 0.2) is 0 Å². The zero-order valence-electron chi connectivity index (χ0n) is 14.6. The van der Waals surface area contributed by atoms with Gasteiger partial charge in [0.05, 0.1) is 0 Å². The minimum atomic E-state index is -1.02. The number of benzene rings is 1. The molecule has 2 amide bonds. The molecule has 1 aromatic rings. The molecule has 134 valence electrons. The Labute approximate surface area is 150 Å². The van der Waals surface area contributed by atoms with E-state index in [1.165, 1.54) is 0 Å². The number of likely N-dealkylation sites (tertiary alicyclic amines) is 1. The van der Waals surface area contributed by atoms with Crippen molar-refractivity contribution in [3.8, 4) is 0 Å². The summed E-state index contributed by atoms with van der Waals surface area (Å²) in [6, 6.07) is 9.60. The first-order valence-corrected chi connectivity index (χ1v) is 8.26. The molecule has 1 aliphatic heterocycles. The van der Waals surface area contributed by atoms with Crippen molar-refractivity contribution in [1.82, 2.24) is 10.2 Å². The molecule has 0 aromatic heterocycles. The highest BCUT2D eigenvalue weighted by Gasteiger charge is 2.36. The van der Waals surface area contributed by atoms with Crippen molar-refractivity contribution in [3.63, 3.8) is 0 Å². The first kappa shape index (κ1) is 20.5. The zero-order chi connectivity index (χ0) is 17.0. The van der Waals surface area contributed by atoms with Crippen LogP contribution in [0, 0.1) is 5.92 Å². The van der Waals surface area contributed by atoms with E-state index in [1.807, 2.05) is 49.1 Å². The Morgan fingerprint density at radius 1 is 1.21 bits per heavy atom. The van der Waals surface area contributed by atoms with Gasteiger partial charge in [-0.05, 0) is 25.3 Å². The molecule has 2 rings (SSSR count). The topological polar surface area (TPSA) is 75.4 Å². The van der Waals surface area contributed by atoms with Gasteiger partial charge in [-0.15, -0.1) is 12.4 Å². The number of carbonyl (C=O) groups is 2. The SMILES string of the molecule is CC(C)C(=O)NC1CCN(C(=O)C(C)(N)c2ccccc2)CC1.Cl. The molecule has 24 heavy (non-hydrogen) atoms. The lowest BCUT2D eigenvalue weighted by Gasteiger charge is -2.37. The predicted octanol–water partition coefficient (Wildman–Crippen LogP) is 2.05. The summed E-state index contributed by atoms with van der Waals surface area (Å²) in [5.41, 5.74) is 6.11. The first-order valence-electron chi connectivity index (χ1n) is 8.26. The van der Waals surface area contributed by atoms with E-state index in [2.05, 4.69) is 5.32 Å². The third-order valence-electron chi connectivity index (χ3n) is 4.47. The van der Waals surface area contributed by atoms with Gasteiger partial charge in [-0.3, -0.25) is 9.59 Å². The van der Waals surface area contributed by atoms with Crippen molar-refractivity contribution in [2.75, 3.05) is 13.1 Å². The number of halogens is 1. The van der Waals surface area contributed by atoms with Crippen molar-refractivity contribution in [2.45, 2.75) is 45.2 Å². The predicted molar refractivity (Wildman–Crippen MR) is 97.8 cm³/mol. The number of hydrogen-bond donors (Lipinski definition) is 2. The van der Waals surface area contributed by atoms with Crippen LogP contribution in [0.4, 0.5) is 0 Å². The molecule has 1 heterocycles. The highest BCUT2D eigenvalue weighted by Crippen LogP contribution is 2.22. The molecule has 1 saturated heterocycles. The van der Waals surface area contributed by atoms with Crippen LogP contribution in [0.5, 0.6) is 0 Å². The molecule has 1 aromatic carbocycles. The fraction of sp³-hybridized carbons (Fsp3) is 0.556. The van der Waals surface area contributed by atoms with Crippen LogP contribution in [0.2, 0.25) is 0 Å². The van der Waals surface area contributed by atoms with Gasteiger partial charge < -0.3 is 16.0 Å². The summed E-state index contributed by atoms with van der Waals surface area (Å²) in [6.07, 6.45) is 1.55. The molecule has 1 fully saturated rings. The Kier molecular flexibility index (Phi) is 7.24. The van der Waals surface area contributed by atoms with Gasteiger partial charge in [0.2, 0.25) is 11.8 Å². The molecular weight excluding hydrogens is 326 g/mol. The molecule has 3 N–H and O–H groups in total. The molecule has 5 nitrogen and oxygen atoms in total. The minimum absolute atomic E-state index is 0. The Bertz CT molecular complexity index is 553. The van der Waals surface area contributed by atoms with Gasteiger partial charge in [-0.1, -0.05) is 44.2 Å². The highest BCUT2D eigenvalue weighted by molar-refractivity contribution is 5.87. The first-order chi connectivity index (χ1) is 10.8. The molecule has 1 aliphatic rings. The maximum absolute atomic E-state index is 12.8. The van der Waals surface area contributed by atoms with E-state index in [4.69, 9.17) is 5.73 Å². The number of hydrogen-bond acceptors (Lipinski definition) is 3. The normalized spacial score (nSPS) is 17.8. The van der Waals surface area contributed by atoms with E-state index in [1.54, 1.807) is 6.92 Å². The van der Waals surface area contributed by atoms with Crippen LogP contribution in [-0.4, -0.2) is 35.8 Å². The third-order valence-corrected chi connectivity index (χ3v) is 4.47. The standard InChI is InChI=1S/C18H27N3O2.ClH/c1-13(2)16(22)20-15-9-11-21(12-10-15)17(23)18(3,19)14-7-5-4-6-8-14;/h4-8,13,15H,9-12,19H2,1-3H3,(H,20,22);1H. The van der Waals surface area contributed by atoms with E-state index in [-0.39, 0.29) is 36.2 Å².